The molecule has 0 aliphatic carbocycles. The van der Waals surface area contributed by atoms with E-state index in [0.717, 1.165) is 0 Å². The number of imidazole rings is 1. The first kappa shape index (κ1) is 28.9. The van der Waals surface area contributed by atoms with Crippen LogP contribution in [0.15, 0.2) is 12.5 Å². The Hall–Kier alpha value is -3.13. The van der Waals surface area contributed by atoms with Gasteiger partial charge in [-0.1, -0.05) is 13.8 Å². The van der Waals surface area contributed by atoms with Gasteiger partial charge in [-0.3, -0.25) is 19.2 Å². The molecule has 4 unspecified atom stereocenters. The number of nitrogens with zero attached hydrogens (tertiary/aromatic N) is 1. The number of H-pyrrole nitrogens is 1. The molecule has 13 nitrogen and oxygen atoms in total. The van der Waals surface area contributed by atoms with Crippen molar-refractivity contribution in [1.29, 1.82) is 0 Å². The minimum absolute atomic E-state index is 0.0340. The Morgan fingerprint density at radius 3 is 2.21 bits per heavy atom. The molecule has 0 saturated heterocycles. The van der Waals surface area contributed by atoms with Crippen LogP contribution in [0.1, 0.15) is 32.4 Å². The molecule has 14 heteroatoms. The molecule has 34 heavy (non-hydrogen) atoms. The summed E-state index contributed by atoms with van der Waals surface area (Å²) in [5.74, 6) is -4.60. The zero-order chi connectivity index (χ0) is 25.8. The van der Waals surface area contributed by atoms with Crippen LogP contribution in [0.25, 0.3) is 0 Å². The van der Waals surface area contributed by atoms with Crippen LogP contribution in [0.3, 0.4) is 0 Å². The third-order valence-corrected chi connectivity index (χ3v) is 5.46. The van der Waals surface area contributed by atoms with Gasteiger partial charge in [-0.05, 0) is 24.3 Å². The van der Waals surface area contributed by atoms with E-state index in [1.54, 1.807) is 13.8 Å². The van der Waals surface area contributed by atoms with Crippen molar-refractivity contribution in [3.63, 3.8) is 0 Å². The van der Waals surface area contributed by atoms with Gasteiger partial charge in [-0.25, -0.2) is 9.78 Å². The third-order valence-electron chi connectivity index (χ3n) is 4.82. The predicted octanol–water partition coefficient (Wildman–Crippen LogP) is -1.30. The van der Waals surface area contributed by atoms with Crippen LogP contribution >= 0.6 is 11.8 Å². The minimum Gasteiger partial charge on any atom is -0.481 e. The number of nitrogens with one attached hydrogen (secondary N) is 4. The van der Waals surface area contributed by atoms with Gasteiger partial charge in [0.15, 0.2) is 0 Å². The second-order valence-corrected chi connectivity index (χ2v) is 8.94. The van der Waals surface area contributed by atoms with Crippen molar-refractivity contribution in [2.45, 2.75) is 57.3 Å². The lowest BCUT2D eigenvalue weighted by molar-refractivity contribution is -0.142. The molecule has 1 aromatic rings. The lowest BCUT2D eigenvalue weighted by Crippen LogP contribution is -2.58. The van der Waals surface area contributed by atoms with E-state index in [2.05, 4.69) is 25.9 Å². The number of thioether (sulfide) groups is 1. The minimum atomic E-state index is -1.34. The largest absolute Gasteiger partial charge is 0.481 e. The standard InChI is InChI=1S/C20H32N6O7S/c1-10(2)16(19(31)25-14(20(32)33)6-11-8-22-9-23-11)26-18(30)13(4-5-34-3)24-17(29)12(21)7-15(27)28/h8-10,12-14,16H,4-7,21H2,1-3H3,(H,22,23)(H,24,29)(H,25,31)(H,26,30)(H,27,28)(H,32,33). The van der Waals surface area contributed by atoms with E-state index in [1.165, 1.54) is 24.3 Å². The van der Waals surface area contributed by atoms with Crippen molar-refractivity contribution < 1.29 is 34.2 Å². The molecule has 190 valence electrons. The number of aromatic amines is 1. The third kappa shape index (κ3) is 9.79. The first-order valence-electron chi connectivity index (χ1n) is 10.5. The lowest BCUT2D eigenvalue weighted by atomic mass is 10.0. The Morgan fingerprint density at radius 1 is 1.06 bits per heavy atom. The molecule has 0 aromatic carbocycles. The SMILES string of the molecule is CSCCC(NC(=O)C(N)CC(=O)O)C(=O)NC(C(=O)NC(Cc1cnc[nH]1)C(=O)O)C(C)C. The average Bonchev–Trinajstić information content (AvgIpc) is 3.26. The zero-order valence-corrected chi connectivity index (χ0v) is 20.1. The highest BCUT2D eigenvalue weighted by molar-refractivity contribution is 7.98. The van der Waals surface area contributed by atoms with Crippen LogP contribution in [-0.2, 0) is 30.4 Å². The molecule has 0 radical (unpaired) electrons. The first-order valence-corrected chi connectivity index (χ1v) is 11.9. The Morgan fingerprint density at radius 2 is 1.71 bits per heavy atom. The molecule has 0 fully saturated rings. The molecule has 0 aliphatic heterocycles. The number of hydrogen-bond acceptors (Lipinski definition) is 8. The van der Waals surface area contributed by atoms with Crippen molar-refractivity contribution in [2.24, 2.45) is 11.7 Å². The summed E-state index contributed by atoms with van der Waals surface area (Å²) in [6, 6.07) is -4.75. The summed E-state index contributed by atoms with van der Waals surface area (Å²) >= 11 is 1.43. The maximum Gasteiger partial charge on any atom is 0.326 e. The molecule has 0 saturated carbocycles. The van der Waals surface area contributed by atoms with Crippen molar-refractivity contribution in [1.82, 2.24) is 25.9 Å². The number of carboxylic acid groups (broad SMARTS) is 2. The van der Waals surface area contributed by atoms with Gasteiger partial charge in [-0.15, -0.1) is 0 Å². The van der Waals surface area contributed by atoms with Gasteiger partial charge >= 0.3 is 11.9 Å². The fourth-order valence-electron chi connectivity index (χ4n) is 2.93. The second kappa shape index (κ2) is 14.2. The number of carboxylic acids is 2. The van der Waals surface area contributed by atoms with Crippen LogP contribution in [-0.4, -0.2) is 86.0 Å². The molecule has 4 atom stereocenters. The first-order chi connectivity index (χ1) is 16.0. The molecule has 1 aromatic heterocycles. The quantitative estimate of drug-likeness (QED) is 0.151. The topological polar surface area (TPSA) is 217 Å². The van der Waals surface area contributed by atoms with Crippen LogP contribution in [0, 0.1) is 5.92 Å². The summed E-state index contributed by atoms with van der Waals surface area (Å²) in [6.07, 6.45) is 4.21. The molecular weight excluding hydrogens is 468 g/mol. The number of carbonyl (C=O) groups excluding carboxylic acids is 3. The van der Waals surface area contributed by atoms with Gasteiger partial charge in [0.25, 0.3) is 0 Å². The summed E-state index contributed by atoms with van der Waals surface area (Å²) in [5, 5.41) is 25.7. The van der Waals surface area contributed by atoms with Gasteiger partial charge in [-0.2, -0.15) is 11.8 Å². The predicted molar refractivity (Wildman–Crippen MR) is 124 cm³/mol. The van der Waals surface area contributed by atoms with Gasteiger partial charge in [0.05, 0.1) is 18.8 Å². The zero-order valence-electron chi connectivity index (χ0n) is 19.2. The number of hydrogen-bond donors (Lipinski definition) is 7. The smallest absolute Gasteiger partial charge is 0.326 e. The maximum absolute atomic E-state index is 12.9. The van der Waals surface area contributed by atoms with Crippen molar-refractivity contribution >= 4 is 41.4 Å². The van der Waals surface area contributed by atoms with Gasteiger partial charge in [0.1, 0.15) is 18.1 Å². The summed E-state index contributed by atoms with van der Waals surface area (Å²) in [7, 11) is 0. The number of nitrogens with two attached hydrogens (primary N) is 1. The number of aliphatic carboxylic acids is 2. The molecule has 8 N–H and O–H groups in total. The second-order valence-electron chi connectivity index (χ2n) is 7.96. The van der Waals surface area contributed by atoms with Crippen LogP contribution in [0.5, 0.6) is 0 Å². The van der Waals surface area contributed by atoms with Gasteiger partial charge in [0.2, 0.25) is 17.7 Å². The Balaban J connectivity index is 2.91. The molecule has 3 amide bonds. The number of carbonyl (C=O) groups is 5. The van der Waals surface area contributed by atoms with E-state index >= 15 is 0 Å². The van der Waals surface area contributed by atoms with Crippen LogP contribution in [0.2, 0.25) is 0 Å². The highest BCUT2D eigenvalue weighted by Gasteiger charge is 2.32. The summed E-state index contributed by atoms with van der Waals surface area (Å²) in [4.78, 5) is 67.0. The fraction of sp³-hybridized carbons (Fsp3) is 0.600. The van der Waals surface area contributed by atoms with Gasteiger partial charge < -0.3 is 36.9 Å². The van der Waals surface area contributed by atoms with E-state index in [1.807, 2.05) is 6.26 Å². The highest BCUT2D eigenvalue weighted by Crippen LogP contribution is 2.08. The molecule has 0 spiro atoms. The van der Waals surface area contributed by atoms with E-state index < -0.39 is 66.2 Å². The monoisotopic (exact) mass is 500 g/mol. The average molecular weight is 501 g/mol. The molecule has 0 aliphatic rings. The van der Waals surface area contributed by atoms with E-state index in [9.17, 15) is 29.1 Å². The maximum atomic E-state index is 12.9. The van der Waals surface area contributed by atoms with E-state index in [-0.39, 0.29) is 12.8 Å². The summed E-state index contributed by atoms with van der Waals surface area (Å²) < 4.78 is 0. The molecular formula is C20H32N6O7S. The summed E-state index contributed by atoms with van der Waals surface area (Å²) in [6.45, 7) is 3.35. The Kier molecular flexibility index (Phi) is 12.1. The highest BCUT2D eigenvalue weighted by atomic mass is 32.2. The number of aromatic nitrogens is 2. The van der Waals surface area contributed by atoms with Crippen LogP contribution < -0.4 is 21.7 Å². The van der Waals surface area contributed by atoms with Crippen molar-refractivity contribution in [3.05, 3.63) is 18.2 Å². The Bertz CT molecular complexity index is 848. The fourth-order valence-corrected chi connectivity index (χ4v) is 3.40. The Labute approximate surface area is 201 Å². The molecule has 0 bridgehead atoms. The van der Waals surface area contributed by atoms with E-state index in [4.69, 9.17) is 10.8 Å². The van der Waals surface area contributed by atoms with Crippen LogP contribution in [0.4, 0.5) is 0 Å². The van der Waals surface area contributed by atoms with E-state index in [0.29, 0.717) is 11.4 Å². The van der Waals surface area contributed by atoms with Crippen molar-refractivity contribution in [3.8, 4) is 0 Å². The molecule has 1 rings (SSSR count). The van der Waals surface area contributed by atoms with Gasteiger partial charge in [0, 0.05) is 18.3 Å². The number of rotatable bonds is 15. The normalized spacial score (nSPS) is 14.5. The lowest BCUT2D eigenvalue weighted by Gasteiger charge is -2.27. The van der Waals surface area contributed by atoms with Crippen molar-refractivity contribution in [2.75, 3.05) is 12.0 Å². The number of amides is 3. The molecule has 1 heterocycles. The summed E-state index contributed by atoms with van der Waals surface area (Å²) in [5.41, 5.74) is 6.08.